The highest BCUT2D eigenvalue weighted by molar-refractivity contribution is 14.1. The second-order valence-corrected chi connectivity index (χ2v) is 8.27. The molecule has 0 amide bonds. The monoisotopic (exact) mass is 450 g/mol. The molecule has 0 atom stereocenters. The molecule has 0 aliphatic rings. The average molecular weight is 450 g/mol. The average Bonchev–Trinajstić information content (AvgIpc) is 3.24. The zero-order valence-corrected chi connectivity index (χ0v) is 15.2. The van der Waals surface area contributed by atoms with E-state index in [1.807, 2.05) is 18.2 Å². The molecule has 0 unspecified atom stereocenters. The third kappa shape index (κ3) is 2.53. The van der Waals surface area contributed by atoms with Crippen molar-refractivity contribution in [3.05, 3.63) is 70.9 Å². The van der Waals surface area contributed by atoms with E-state index in [4.69, 9.17) is 4.42 Å². The molecule has 120 valence electrons. The van der Waals surface area contributed by atoms with Crippen molar-refractivity contribution in [2.75, 3.05) is 0 Å². The summed E-state index contributed by atoms with van der Waals surface area (Å²) in [5.41, 5.74) is 1.44. The summed E-state index contributed by atoms with van der Waals surface area (Å²) >= 11 is 2.21. The van der Waals surface area contributed by atoms with Crippen LogP contribution >= 0.6 is 22.6 Å². The number of aromatic nitrogens is 2. The Labute approximate surface area is 152 Å². The number of halogens is 1. The van der Waals surface area contributed by atoms with Crippen LogP contribution in [0, 0.1) is 3.57 Å². The van der Waals surface area contributed by atoms with Crippen LogP contribution in [-0.2, 0) is 10.0 Å². The molecule has 0 radical (unpaired) electrons. The van der Waals surface area contributed by atoms with E-state index in [2.05, 4.69) is 27.6 Å². The maximum Gasteiger partial charge on any atom is 0.268 e. The lowest BCUT2D eigenvalue weighted by molar-refractivity contribution is 0.571. The fraction of sp³-hybridized carbons (Fsp3) is 0. The molecular weight excluding hydrogens is 439 g/mol. The first-order chi connectivity index (χ1) is 11.6. The number of nitrogens with zero attached hydrogens (tertiary/aromatic N) is 2. The highest BCUT2D eigenvalue weighted by Crippen LogP contribution is 2.26. The number of fused-ring (bicyclic) bond motifs is 1. The molecule has 2 aromatic carbocycles. The molecule has 24 heavy (non-hydrogen) atoms. The first kappa shape index (κ1) is 15.4. The minimum absolute atomic E-state index is 0.224. The molecule has 4 aromatic rings. The van der Waals surface area contributed by atoms with E-state index in [0.29, 0.717) is 11.3 Å². The van der Waals surface area contributed by atoms with Crippen LogP contribution in [0.1, 0.15) is 0 Å². The molecule has 0 N–H and O–H groups in total. The fourth-order valence-electron chi connectivity index (χ4n) is 2.56. The summed E-state index contributed by atoms with van der Waals surface area (Å²) in [7, 11) is -3.65. The summed E-state index contributed by atoms with van der Waals surface area (Å²) in [6.45, 7) is 0. The van der Waals surface area contributed by atoms with Gasteiger partial charge in [0, 0.05) is 20.7 Å². The van der Waals surface area contributed by atoms with Gasteiger partial charge in [0.15, 0.2) is 12.2 Å². The van der Waals surface area contributed by atoms with Crippen molar-refractivity contribution in [3.8, 4) is 11.3 Å². The van der Waals surface area contributed by atoms with Crippen molar-refractivity contribution in [1.82, 2.24) is 8.96 Å². The predicted molar refractivity (Wildman–Crippen MR) is 99.2 cm³/mol. The summed E-state index contributed by atoms with van der Waals surface area (Å²) < 4.78 is 33.4. The van der Waals surface area contributed by atoms with E-state index >= 15 is 0 Å². The summed E-state index contributed by atoms with van der Waals surface area (Å²) in [4.78, 5) is 4.09. The molecule has 5 nitrogen and oxygen atoms in total. The Balaban J connectivity index is 1.79. The third-order valence-electron chi connectivity index (χ3n) is 3.74. The smallest absolute Gasteiger partial charge is 0.268 e. The zero-order valence-electron chi connectivity index (χ0n) is 12.3. The Morgan fingerprint density at radius 3 is 2.54 bits per heavy atom. The Kier molecular flexibility index (Phi) is 3.69. The van der Waals surface area contributed by atoms with Gasteiger partial charge in [0.1, 0.15) is 0 Å². The van der Waals surface area contributed by atoms with E-state index in [9.17, 15) is 8.42 Å². The highest BCUT2D eigenvalue weighted by atomic mass is 127. The van der Waals surface area contributed by atoms with E-state index in [1.165, 1.54) is 10.4 Å². The van der Waals surface area contributed by atoms with Crippen LogP contribution in [0.4, 0.5) is 0 Å². The van der Waals surface area contributed by atoms with Crippen LogP contribution in [0.5, 0.6) is 0 Å². The van der Waals surface area contributed by atoms with Crippen LogP contribution < -0.4 is 0 Å². The molecular formula is C17H11IN2O3S. The van der Waals surface area contributed by atoms with E-state index < -0.39 is 10.0 Å². The van der Waals surface area contributed by atoms with Gasteiger partial charge in [-0.05, 0) is 71.1 Å². The van der Waals surface area contributed by atoms with Gasteiger partial charge < -0.3 is 4.42 Å². The van der Waals surface area contributed by atoms with Crippen LogP contribution in [0.15, 0.2) is 76.6 Å². The van der Waals surface area contributed by atoms with Crippen molar-refractivity contribution in [2.24, 2.45) is 0 Å². The molecule has 4 rings (SSSR count). The molecule has 0 bridgehead atoms. The Bertz CT molecular complexity index is 1110. The lowest BCUT2D eigenvalue weighted by Crippen LogP contribution is -2.11. The first-order valence-corrected chi connectivity index (χ1v) is 9.59. The highest BCUT2D eigenvalue weighted by Gasteiger charge is 2.19. The lowest BCUT2D eigenvalue weighted by atomic mass is 10.2. The van der Waals surface area contributed by atoms with E-state index in [0.717, 1.165) is 14.5 Å². The predicted octanol–water partition coefficient (Wildman–Crippen LogP) is 4.14. The maximum atomic E-state index is 12.9. The zero-order chi connectivity index (χ0) is 16.7. The van der Waals surface area contributed by atoms with Crippen molar-refractivity contribution in [1.29, 1.82) is 0 Å². The lowest BCUT2D eigenvalue weighted by Gasteiger charge is -2.08. The van der Waals surface area contributed by atoms with Crippen molar-refractivity contribution < 1.29 is 12.8 Å². The molecule has 0 saturated heterocycles. The summed E-state index contributed by atoms with van der Waals surface area (Å²) in [6.07, 6.45) is 4.51. The molecule has 7 heteroatoms. The van der Waals surface area contributed by atoms with Crippen LogP contribution in [-0.4, -0.2) is 17.4 Å². The first-order valence-electron chi connectivity index (χ1n) is 7.07. The number of oxazole rings is 1. The molecule has 2 heterocycles. The van der Waals surface area contributed by atoms with Crippen LogP contribution in [0.25, 0.3) is 22.2 Å². The van der Waals surface area contributed by atoms with Crippen LogP contribution in [0.2, 0.25) is 0 Å². The van der Waals surface area contributed by atoms with Gasteiger partial charge in [0.2, 0.25) is 0 Å². The van der Waals surface area contributed by atoms with Crippen LogP contribution in [0.3, 0.4) is 0 Å². The minimum atomic E-state index is -3.65. The van der Waals surface area contributed by atoms with Gasteiger partial charge in [0.05, 0.1) is 16.6 Å². The number of rotatable bonds is 3. The van der Waals surface area contributed by atoms with E-state index in [-0.39, 0.29) is 4.90 Å². The van der Waals surface area contributed by atoms with Gasteiger partial charge in [-0.1, -0.05) is 0 Å². The summed E-state index contributed by atoms with van der Waals surface area (Å²) in [6, 6.07) is 14.0. The molecule has 0 spiro atoms. The quantitative estimate of drug-likeness (QED) is 0.441. The van der Waals surface area contributed by atoms with Crippen molar-refractivity contribution >= 4 is 43.5 Å². The topological polar surface area (TPSA) is 65.1 Å². The van der Waals surface area contributed by atoms with Gasteiger partial charge in [-0.25, -0.2) is 17.4 Å². The molecule has 0 aliphatic heterocycles. The maximum absolute atomic E-state index is 12.9. The second kappa shape index (κ2) is 5.75. The van der Waals surface area contributed by atoms with E-state index in [1.54, 1.807) is 42.7 Å². The van der Waals surface area contributed by atoms with Crippen molar-refractivity contribution in [3.63, 3.8) is 0 Å². The van der Waals surface area contributed by atoms with Gasteiger partial charge >= 0.3 is 0 Å². The summed E-state index contributed by atoms with van der Waals surface area (Å²) in [5.74, 6) is 0.597. The normalized spacial score (nSPS) is 11.9. The standard InChI is InChI=1S/C17H11IN2O3S/c18-14-3-6-16-13(9-14)7-8-20(16)24(21,22)15-4-1-12(2-5-15)17-10-19-11-23-17/h1-11H. The fourth-order valence-corrected chi connectivity index (χ4v) is 4.43. The number of benzene rings is 2. The largest absolute Gasteiger partial charge is 0.444 e. The minimum Gasteiger partial charge on any atom is -0.444 e. The SMILES string of the molecule is O=S(=O)(c1ccc(-c2cnco2)cc1)n1ccc2cc(I)ccc21. The third-order valence-corrected chi connectivity index (χ3v) is 6.12. The van der Waals surface area contributed by atoms with Gasteiger partial charge in [-0.3, -0.25) is 0 Å². The van der Waals surface area contributed by atoms with Crippen molar-refractivity contribution in [2.45, 2.75) is 4.90 Å². The molecule has 2 aromatic heterocycles. The number of hydrogen-bond acceptors (Lipinski definition) is 4. The Morgan fingerprint density at radius 1 is 1.04 bits per heavy atom. The number of hydrogen-bond donors (Lipinski definition) is 0. The Hall–Kier alpha value is -2.13. The molecule has 0 aliphatic carbocycles. The van der Waals surface area contributed by atoms with Gasteiger partial charge in [-0.2, -0.15) is 0 Å². The van der Waals surface area contributed by atoms with Gasteiger partial charge in [-0.15, -0.1) is 0 Å². The molecule has 0 saturated carbocycles. The molecule has 0 fully saturated rings. The van der Waals surface area contributed by atoms with Gasteiger partial charge in [0.25, 0.3) is 10.0 Å². The summed E-state index contributed by atoms with van der Waals surface area (Å²) in [5, 5.41) is 0.892. The Morgan fingerprint density at radius 2 is 1.83 bits per heavy atom. The second-order valence-electron chi connectivity index (χ2n) is 5.21.